The van der Waals surface area contributed by atoms with Gasteiger partial charge in [-0.3, -0.25) is 0 Å². The highest BCUT2D eigenvalue weighted by Crippen LogP contribution is 2.59. The van der Waals surface area contributed by atoms with Crippen molar-refractivity contribution in [1.82, 2.24) is 0 Å². The summed E-state index contributed by atoms with van der Waals surface area (Å²) < 4.78 is 0. The molecule has 0 spiro atoms. The number of anilines is 3. The average Bonchev–Trinajstić information content (AvgIpc) is 3.78. The first kappa shape index (κ1) is 46.5. The fourth-order valence-electron chi connectivity index (χ4n) is 12.1. The van der Waals surface area contributed by atoms with Gasteiger partial charge >= 0.3 is 0 Å². The van der Waals surface area contributed by atoms with Gasteiger partial charge in [-0.05, 0) is 124 Å². The highest BCUT2D eigenvalue weighted by atomic mass is 15.2. The maximum absolute atomic E-state index is 2.60. The van der Waals surface area contributed by atoms with Gasteiger partial charge in [0.1, 0.15) is 0 Å². The zero-order valence-corrected chi connectivity index (χ0v) is 43.2. The highest BCUT2D eigenvalue weighted by Gasteiger charge is 2.46. The van der Waals surface area contributed by atoms with Crippen molar-refractivity contribution in [3.05, 3.63) is 319 Å². The molecule has 1 heteroatoms. The highest BCUT2D eigenvalue weighted by molar-refractivity contribution is 6.09. The van der Waals surface area contributed by atoms with E-state index in [0.717, 1.165) is 50.4 Å². The van der Waals surface area contributed by atoms with Gasteiger partial charge in [0, 0.05) is 22.4 Å². The second kappa shape index (κ2) is 19.2. The molecule has 0 atom stereocenters. The largest absolute Gasteiger partial charge is 0.309 e. The van der Waals surface area contributed by atoms with Crippen LogP contribution in [0.25, 0.3) is 77.5 Å². The van der Waals surface area contributed by atoms with E-state index in [1.165, 1.54) is 72.0 Å². The van der Waals surface area contributed by atoms with Crippen molar-refractivity contribution in [1.29, 1.82) is 0 Å². The van der Waals surface area contributed by atoms with E-state index < -0.39 is 5.41 Å². The first-order valence-electron chi connectivity index (χ1n) is 26.6. The SMILES string of the molecule is CC(C)(C)c1ccc(-c2cc(-c3ccccc3)c(N(c3ccc4c(c3)-c3ccccc3C4(c3ccccc3)c3ccccc3)c3ccc4ccccc4c3-c3ccc(-c4ccccc4)cc3)c(-c3ccccc3)c2)cc1. The number of hydrogen-bond acceptors (Lipinski definition) is 1. The van der Waals surface area contributed by atoms with Crippen molar-refractivity contribution in [2.24, 2.45) is 0 Å². The molecule has 0 aromatic heterocycles. The molecule has 0 saturated heterocycles. The summed E-state index contributed by atoms with van der Waals surface area (Å²) in [6.45, 7) is 6.85. The maximum atomic E-state index is 2.60. The Morgan fingerprint density at radius 3 is 1.37 bits per heavy atom. The molecule has 0 fully saturated rings. The minimum atomic E-state index is -0.541. The van der Waals surface area contributed by atoms with E-state index >= 15 is 0 Å². The molecule has 1 aliphatic carbocycles. The molecule has 13 rings (SSSR count). The summed E-state index contributed by atoms with van der Waals surface area (Å²) >= 11 is 0. The van der Waals surface area contributed by atoms with Crippen molar-refractivity contribution in [3.8, 4) is 66.8 Å². The molecular formula is C75H57N. The van der Waals surface area contributed by atoms with Crippen LogP contribution in [0.2, 0.25) is 0 Å². The van der Waals surface area contributed by atoms with Crippen LogP contribution >= 0.6 is 0 Å². The monoisotopic (exact) mass is 971 g/mol. The predicted octanol–water partition coefficient (Wildman–Crippen LogP) is 20.3. The minimum Gasteiger partial charge on any atom is -0.309 e. The Hall–Kier alpha value is -9.30. The van der Waals surface area contributed by atoms with E-state index in [9.17, 15) is 0 Å². The molecule has 12 aromatic rings. The van der Waals surface area contributed by atoms with E-state index in [0.29, 0.717) is 0 Å². The molecule has 76 heavy (non-hydrogen) atoms. The van der Waals surface area contributed by atoms with Crippen LogP contribution in [-0.2, 0) is 10.8 Å². The van der Waals surface area contributed by atoms with Crippen molar-refractivity contribution in [3.63, 3.8) is 0 Å². The number of nitrogens with zero attached hydrogens (tertiary/aromatic N) is 1. The van der Waals surface area contributed by atoms with Gasteiger partial charge in [0.25, 0.3) is 0 Å². The smallest absolute Gasteiger partial charge is 0.0713 e. The van der Waals surface area contributed by atoms with Gasteiger partial charge in [-0.15, -0.1) is 0 Å². The van der Waals surface area contributed by atoms with Crippen LogP contribution in [0.3, 0.4) is 0 Å². The number of rotatable bonds is 10. The van der Waals surface area contributed by atoms with Crippen LogP contribution in [0.1, 0.15) is 48.6 Å². The molecule has 0 amide bonds. The molecule has 0 radical (unpaired) electrons. The van der Waals surface area contributed by atoms with E-state index in [1.54, 1.807) is 0 Å². The molecule has 1 aliphatic rings. The zero-order chi connectivity index (χ0) is 51.2. The molecule has 362 valence electrons. The Morgan fingerprint density at radius 1 is 0.316 bits per heavy atom. The number of benzene rings is 12. The predicted molar refractivity (Wildman–Crippen MR) is 322 cm³/mol. The zero-order valence-electron chi connectivity index (χ0n) is 43.2. The molecule has 0 saturated carbocycles. The third-order valence-electron chi connectivity index (χ3n) is 15.7. The topological polar surface area (TPSA) is 3.24 Å². The Balaban J connectivity index is 1.15. The van der Waals surface area contributed by atoms with Crippen LogP contribution < -0.4 is 4.90 Å². The lowest BCUT2D eigenvalue weighted by Gasteiger charge is -2.35. The van der Waals surface area contributed by atoms with E-state index in [2.05, 4.69) is 317 Å². The van der Waals surface area contributed by atoms with E-state index in [1.807, 2.05) is 0 Å². The van der Waals surface area contributed by atoms with Crippen molar-refractivity contribution in [2.75, 3.05) is 4.90 Å². The lowest BCUT2D eigenvalue weighted by atomic mass is 9.68. The van der Waals surface area contributed by atoms with E-state index in [-0.39, 0.29) is 5.41 Å². The van der Waals surface area contributed by atoms with Gasteiger partial charge in [-0.1, -0.05) is 282 Å². The molecule has 0 unspecified atom stereocenters. The first-order chi connectivity index (χ1) is 37.3. The minimum absolute atomic E-state index is 0.0327. The molecule has 0 N–H and O–H groups in total. The Labute approximate surface area is 447 Å². The van der Waals surface area contributed by atoms with Crippen molar-refractivity contribution in [2.45, 2.75) is 31.6 Å². The summed E-state index contributed by atoms with van der Waals surface area (Å²) in [4.78, 5) is 2.60. The quantitative estimate of drug-likeness (QED) is 0.132. The van der Waals surface area contributed by atoms with Crippen LogP contribution in [0.5, 0.6) is 0 Å². The second-order valence-corrected chi connectivity index (χ2v) is 21.2. The molecule has 12 aromatic carbocycles. The summed E-state index contributed by atoms with van der Waals surface area (Å²) in [7, 11) is 0. The molecule has 0 heterocycles. The fourth-order valence-corrected chi connectivity index (χ4v) is 12.1. The lowest BCUT2D eigenvalue weighted by Crippen LogP contribution is -2.28. The Morgan fingerprint density at radius 2 is 0.776 bits per heavy atom. The van der Waals surface area contributed by atoms with Crippen molar-refractivity contribution < 1.29 is 0 Å². The molecule has 0 bridgehead atoms. The molecule has 1 nitrogen and oxygen atoms in total. The van der Waals surface area contributed by atoms with Gasteiger partial charge in [0.2, 0.25) is 0 Å². The third kappa shape index (κ3) is 8.04. The summed E-state index contributed by atoms with van der Waals surface area (Å²) in [6, 6.07) is 108. The molecule has 0 aliphatic heterocycles. The van der Waals surface area contributed by atoms with Crippen LogP contribution in [-0.4, -0.2) is 0 Å². The van der Waals surface area contributed by atoms with Gasteiger partial charge in [-0.25, -0.2) is 0 Å². The summed E-state index contributed by atoms with van der Waals surface area (Å²) in [5.74, 6) is 0. The summed E-state index contributed by atoms with van der Waals surface area (Å²) in [6.07, 6.45) is 0. The average molecular weight is 972 g/mol. The Bertz CT molecular complexity index is 3920. The van der Waals surface area contributed by atoms with Crippen LogP contribution in [0.15, 0.2) is 291 Å². The van der Waals surface area contributed by atoms with Gasteiger partial charge < -0.3 is 4.90 Å². The third-order valence-corrected chi connectivity index (χ3v) is 15.7. The number of fused-ring (bicyclic) bond motifs is 4. The number of hydrogen-bond donors (Lipinski definition) is 0. The van der Waals surface area contributed by atoms with Crippen molar-refractivity contribution >= 4 is 27.8 Å². The second-order valence-electron chi connectivity index (χ2n) is 21.2. The Kier molecular flexibility index (Phi) is 11.7. The van der Waals surface area contributed by atoms with E-state index in [4.69, 9.17) is 0 Å². The normalized spacial score (nSPS) is 12.5. The van der Waals surface area contributed by atoms with Gasteiger partial charge in [0.15, 0.2) is 0 Å². The van der Waals surface area contributed by atoms with Crippen LogP contribution in [0.4, 0.5) is 17.1 Å². The maximum Gasteiger partial charge on any atom is 0.0713 e. The standard InChI is InChI=1S/C75H57N/c1-74(2,3)60-44-41-54(42-45-60)59-49-66(55-25-11-5-12-26-55)73(67(50-59)56-27-13-6-14-28-56)76(71-48-43-57-29-19-20-34-64(57)72(71)58-39-37-53(38-40-58)52-23-9-4-10-24-52)63-46-47-70-68(51-63)65-35-21-22-36-69(65)75(70,61-30-15-7-16-31-61)62-32-17-8-18-33-62/h4-51H,1-3H3. The summed E-state index contributed by atoms with van der Waals surface area (Å²) in [5.41, 5.74) is 23.2. The first-order valence-corrected chi connectivity index (χ1v) is 26.6. The van der Waals surface area contributed by atoms with Crippen LogP contribution in [0, 0.1) is 0 Å². The fraction of sp³-hybridized carbons (Fsp3) is 0.0667. The summed E-state index contributed by atoms with van der Waals surface area (Å²) in [5, 5.41) is 2.38. The van der Waals surface area contributed by atoms with Gasteiger partial charge in [-0.2, -0.15) is 0 Å². The van der Waals surface area contributed by atoms with Gasteiger partial charge in [0.05, 0.1) is 16.8 Å². The lowest BCUT2D eigenvalue weighted by molar-refractivity contribution is 0.590. The molecular weight excluding hydrogens is 915 g/mol.